The van der Waals surface area contributed by atoms with E-state index in [2.05, 4.69) is 16.4 Å². The fourth-order valence-electron chi connectivity index (χ4n) is 1.80. The highest BCUT2D eigenvalue weighted by Crippen LogP contribution is 2.22. The SMILES string of the molecule is Clc1ccc2[nH]c(CNC3CC3)cc2c1. The topological polar surface area (TPSA) is 27.8 Å². The molecule has 1 aromatic carbocycles. The summed E-state index contributed by atoms with van der Waals surface area (Å²) in [6.45, 7) is 0.928. The van der Waals surface area contributed by atoms with Gasteiger partial charge in [-0.25, -0.2) is 0 Å². The summed E-state index contributed by atoms with van der Waals surface area (Å²) in [5.41, 5.74) is 2.39. The van der Waals surface area contributed by atoms with E-state index in [4.69, 9.17) is 11.6 Å². The van der Waals surface area contributed by atoms with Gasteiger partial charge in [0.25, 0.3) is 0 Å². The van der Waals surface area contributed by atoms with Crippen LogP contribution in [0.3, 0.4) is 0 Å². The minimum Gasteiger partial charge on any atom is -0.357 e. The van der Waals surface area contributed by atoms with Crippen LogP contribution in [0.2, 0.25) is 5.02 Å². The molecule has 2 N–H and O–H groups in total. The number of halogens is 1. The molecule has 1 saturated carbocycles. The average Bonchev–Trinajstić information content (AvgIpc) is 2.95. The van der Waals surface area contributed by atoms with Crippen LogP contribution in [0.25, 0.3) is 10.9 Å². The molecule has 0 amide bonds. The molecule has 1 heterocycles. The van der Waals surface area contributed by atoms with Crippen LogP contribution < -0.4 is 5.32 Å². The van der Waals surface area contributed by atoms with Gasteiger partial charge in [0.05, 0.1) is 0 Å². The number of benzene rings is 1. The Morgan fingerprint density at radius 2 is 2.20 bits per heavy atom. The highest BCUT2D eigenvalue weighted by atomic mass is 35.5. The number of H-pyrrole nitrogens is 1. The van der Waals surface area contributed by atoms with E-state index in [0.717, 1.165) is 23.1 Å². The third kappa shape index (κ3) is 2.01. The highest BCUT2D eigenvalue weighted by Gasteiger charge is 2.20. The van der Waals surface area contributed by atoms with E-state index >= 15 is 0 Å². The van der Waals surface area contributed by atoms with Gasteiger partial charge >= 0.3 is 0 Å². The number of hydrogen-bond acceptors (Lipinski definition) is 1. The van der Waals surface area contributed by atoms with Crippen LogP contribution in [0, 0.1) is 0 Å². The summed E-state index contributed by atoms with van der Waals surface area (Å²) in [6, 6.07) is 8.85. The zero-order chi connectivity index (χ0) is 10.3. The third-order valence-corrected chi connectivity index (χ3v) is 3.03. The summed E-state index contributed by atoms with van der Waals surface area (Å²) >= 11 is 5.94. The smallest absolute Gasteiger partial charge is 0.0457 e. The van der Waals surface area contributed by atoms with Gasteiger partial charge < -0.3 is 10.3 Å². The molecule has 0 bridgehead atoms. The lowest BCUT2D eigenvalue weighted by atomic mass is 10.2. The van der Waals surface area contributed by atoms with Crippen molar-refractivity contribution in [2.75, 3.05) is 0 Å². The third-order valence-electron chi connectivity index (χ3n) is 2.80. The van der Waals surface area contributed by atoms with Crippen molar-refractivity contribution in [3.63, 3.8) is 0 Å². The molecule has 1 aliphatic carbocycles. The molecule has 2 aromatic rings. The zero-order valence-corrected chi connectivity index (χ0v) is 9.14. The highest BCUT2D eigenvalue weighted by molar-refractivity contribution is 6.31. The number of aromatic amines is 1. The monoisotopic (exact) mass is 220 g/mol. The van der Waals surface area contributed by atoms with Crippen molar-refractivity contribution in [2.24, 2.45) is 0 Å². The van der Waals surface area contributed by atoms with Gasteiger partial charge in [-0.15, -0.1) is 0 Å². The van der Waals surface area contributed by atoms with E-state index in [1.54, 1.807) is 0 Å². The van der Waals surface area contributed by atoms with Crippen molar-refractivity contribution < 1.29 is 0 Å². The quantitative estimate of drug-likeness (QED) is 0.818. The number of hydrogen-bond donors (Lipinski definition) is 2. The fourth-order valence-corrected chi connectivity index (χ4v) is 1.98. The predicted octanol–water partition coefficient (Wildman–Crippen LogP) is 3.07. The fraction of sp³-hybridized carbons (Fsp3) is 0.333. The maximum atomic E-state index is 5.94. The van der Waals surface area contributed by atoms with Crippen LogP contribution in [-0.4, -0.2) is 11.0 Å². The van der Waals surface area contributed by atoms with Gasteiger partial charge in [0.2, 0.25) is 0 Å². The van der Waals surface area contributed by atoms with Crippen LogP contribution >= 0.6 is 11.6 Å². The number of rotatable bonds is 3. The molecule has 0 spiro atoms. The average molecular weight is 221 g/mol. The summed E-state index contributed by atoms with van der Waals surface area (Å²) in [4.78, 5) is 3.38. The molecule has 3 heteroatoms. The lowest BCUT2D eigenvalue weighted by molar-refractivity contribution is 0.678. The van der Waals surface area contributed by atoms with Crippen LogP contribution in [-0.2, 0) is 6.54 Å². The Kier molecular flexibility index (Phi) is 2.19. The van der Waals surface area contributed by atoms with Crippen LogP contribution in [0.1, 0.15) is 18.5 Å². The van der Waals surface area contributed by atoms with Crippen LogP contribution in [0.15, 0.2) is 24.3 Å². The molecule has 0 aliphatic heterocycles. The Morgan fingerprint density at radius 1 is 1.33 bits per heavy atom. The van der Waals surface area contributed by atoms with E-state index in [1.807, 2.05) is 18.2 Å². The van der Waals surface area contributed by atoms with E-state index in [9.17, 15) is 0 Å². The molecule has 2 nitrogen and oxygen atoms in total. The van der Waals surface area contributed by atoms with E-state index in [1.165, 1.54) is 23.9 Å². The second-order valence-corrected chi connectivity index (χ2v) is 4.62. The Morgan fingerprint density at radius 3 is 3.00 bits per heavy atom. The van der Waals surface area contributed by atoms with Crippen molar-refractivity contribution in [3.05, 3.63) is 35.0 Å². The number of aromatic nitrogens is 1. The van der Waals surface area contributed by atoms with Crippen LogP contribution in [0.5, 0.6) is 0 Å². The van der Waals surface area contributed by atoms with Crippen molar-refractivity contribution in [1.82, 2.24) is 10.3 Å². The molecule has 3 rings (SSSR count). The summed E-state index contributed by atoms with van der Waals surface area (Å²) in [7, 11) is 0. The first-order valence-corrected chi connectivity index (χ1v) is 5.69. The minimum atomic E-state index is 0.750. The van der Waals surface area contributed by atoms with E-state index in [0.29, 0.717) is 0 Å². The molecular formula is C12H13ClN2. The summed E-state index contributed by atoms with van der Waals surface area (Å²) in [5, 5.41) is 5.47. The van der Waals surface area contributed by atoms with Gasteiger partial charge in [-0.2, -0.15) is 0 Å². The second-order valence-electron chi connectivity index (χ2n) is 4.18. The van der Waals surface area contributed by atoms with Crippen molar-refractivity contribution in [1.29, 1.82) is 0 Å². The Balaban J connectivity index is 1.84. The lowest BCUT2D eigenvalue weighted by Crippen LogP contribution is -2.15. The minimum absolute atomic E-state index is 0.750. The molecule has 0 radical (unpaired) electrons. The molecule has 1 aliphatic rings. The van der Waals surface area contributed by atoms with Gasteiger partial charge in [-0.3, -0.25) is 0 Å². The second kappa shape index (κ2) is 3.54. The van der Waals surface area contributed by atoms with Gasteiger partial charge in [-0.1, -0.05) is 11.6 Å². The lowest BCUT2D eigenvalue weighted by Gasteiger charge is -1.98. The molecule has 0 unspecified atom stereocenters. The summed E-state index contributed by atoms with van der Waals surface area (Å²) in [5.74, 6) is 0. The van der Waals surface area contributed by atoms with Crippen LogP contribution in [0.4, 0.5) is 0 Å². The first-order valence-electron chi connectivity index (χ1n) is 5.32. The van der Waals surface area contributed by atoms with Crippen molar-refractivity contribution >= 4 is 22.5 Å². The number of fused-ring (bicyclic) bond motifs is 1. The summed E-state index contributed by atoms with van der Waals surface area (Å²) < 4.78 is 0. The molecular weight excluding hydrogens is 208 g/mol. The maximum Gasteiger partial charge on any atom is 0.0457 e. The van der Waals surface area contributed by atoms with Crippen molar-refractivity contribution in [3.8, 4) is 0 Å². The Bertz CT molecular complexity index is 485. The Labute approximate surface area is 93.6 Å². The van der Waals surface area contributed by atoms with Gasteiger partial charge in [0.1, 0.15) is 0 Å². The first-order chi connectivity index (χ1) is 7.31. The van der Waals surface area contributed by atoms with Crippen molar-refractivity contribution in [2.45, 2.75) is 25.4 Å². The van der Waals surface area contributed by atoms with Gasteiger partial charge in [-0.05, 0) is 37.1 Å². The molecule has 0 atom stereocenters. The molecule has 1 aromatic heterocycles. The normalized spacial score (nSPS) is 16.1. The molecule has 15 heavy (non-hydrogen) atoms. The molecule has 78 valence electrons. The predicted molar refractivity (Wildman–Crippen MR) is 63.2 cm³/mol. The standard InChI is InChI=1S/C12H13ClN2/c13-9-1-4-12-8(5-9)6-11(15-12)7-14-10-2-3-10/h1,4-6,10,14-15H,2-3,7H2. The first kappa shape index (κ1) is 9.25. The molecule has 0 saturated heterocycles. The van der Waals surface area contributed by atoms with Gasteiger partial charge in [0, 0.05) is 34.2 Å². The summed E-state index contributed by atoms with van der Waals surface area (Å²) in [6.07, 6.45) is 2.65. The van der Waals surface area contributed by atoms with Gasteiger partial charge in [0.15, 0.2) is 0 Å². The Hall–Kier alpha value is -0.990. The largest absolute Gasteiger partial charge is 0.357 e. The van der Waals surface area contributed by atoms with E-state index < -0.39 is 0 Å². The molecule has 1 fully saturated rings. The number of nitrogens with one attached hydrogen (secondary N) is 2. The van der Waals surface area contributed by atoms with E-state index in [-0.39, 0.29) is 0 Å². The maximum absolute atomic E-state index is 5.94. The zero-order valence-electron chi connectivity index (χ0n) is 8.39.